The Hall–Kier alpha value is -2.57. The van der Waals surface area contributed by atoms with Crippen molar-refractivity contribution in [2.24, 2.45) is 0 Å². The van der Waals surface area contributed by atoms with Crippen molar-refractivity contribution in [3.05, 3.63) is 54.4 Å². The molecule has 24 heavy (non-hydrogen) atoms. The van der Waals surface area contributed by atoms with Crippen LogP contribution in [-0.4, -0.2) is 12.3 Å². The zero-order valence-electron chi connectivity index (χ0n) is 13.1. The summed E-state index contributed by atoms with van der Waals surface area (Å²) in [7, 11) is 0. The molecule has 0 spiro atoms. The van der Waals surface area contributed by atoms with E-state index in [1.54, 1.807) is 4.57 Å². The molecule has 0 aliphatic carbocycles. The van der Waals surface area contributed by atoms with E-state index < -0.39 is 6.36 Å². The Labute approximate surface area is 137 Å². The van der Waals surface area contributed by atoms with E-state index in [4.69, 9.17) is 0 Å². The predicted octanol–water partition coefficient (Wildman–Crippen LogP) is 3.46. The zero-order chi connectivity index (χ0) is 17.6. The molecule has 128 valence electrons. The molecule has 2 rings (SSSR count). The maximum atomic E-state index is 12.1. The second-order valence-electron chi connectivity index (χ2n) is 5.25. The topological polar surface area (TPSA) is 42.2 Å². The number of benzene rings is 1. The number of amides is 1. The summed E-state index contributed by atoms with van der Waals surface area (Å²) >= 11 is 0. The van der Waals surface area contributed by atoms with Gasteiger partial charge in [-0.2, -0.15) is 4.57 Å². The average Bonchev–Trinajstić information content (AvgIpc) is 2.50. The van der Waals surface area contributed by atoms with Gasteiger partial charge in [0, 0.05) is 17.8 Å². The molecule has 1 aromatic heterocycles. The van der Waals surface area contributed by atoms with Crippen LogP contribution in [0.1, 0.15) is 18.9 Å². The fraction of sp³-hybridized carbons (Fsp3) is 0.294. The van der Waals surface area contributed by atoms with E-state index in [-0.39, 0.29) is 18.2 Å². The lowest BCUT2D eigenvalue weighted by atomic mass is 10.2. The highest BCUT2D eigenvalue weighted by atomic mass is 19.4. The Morgan fingerprint density at radius 3 is 2.29 bits per heavy atom. The number of hydrogen-bond donors (Lipinski definition) is 1. The Morgan fingerprint density at radius 1 is 1.12 bits per heavy atom. The predicted molar refractivity (Wildman–Crippen MR) is 82.4 cm³/mol. The number of carbonyl (C=O) groups is 1. The van der Waals surface area contributed by atoms with Gasteiger partial charge >= 0.3 is 6.36 Å². The number of anilines is 1. The molecule has 0 bridgehead atoms. The maximum Gasteiger partial charge on any atom is 0.573 e. The van der Waals surface area contributed by atoms with Crippen molar-refractivity contribution in [3.8, 4) is 5.75 Å². The quantitative estimate of drug-likeness (QED) is 0.819. The minimum Gasteiger partial charge on any atom is -0.406 e. The minimum absolute atomic E-state index is 0.118. The first-order valence-corrected chi connectivity index (χ1v) is 7.49. The first-order valence-electron chi connectivity index (χ1n) is 7.49. The van der Waals surface area contributed by atoms with Gasteiger partial charge in [-0.05, 0) is 36.2 Å². The monoisotopic (exact) mass is 339 g/mol. The summed E-state index contributed by atoms with van der Waals surface area (Å²) in [6, 6.07) is 8.92. The summed E-state index contributed by atoms with van der Waals surface area (Å²) in [5.74, 6) is -0.603. The summed E-state index contributed by atoms with van der Waals surface area (Å²) in [6.45, 7) is 2.22. The number of aryl methyl sites for hydroxylation is 1. The van der Waals surface area contributed by atoms with Gasteiger partial charge in [0.1, 0.15) is 5.75 Å². The molecule has 0 fully saturated rings. The standard InChI is InChI=1S/C17H17F3N2O2/c1-2-3-13-8-10-22(11-9-13)12-16(23)21-14-4-6-15(7-5-14)24-17(18,19)20/h4-11H,2-3,12H2,1H3/p+1. The van der Waals surface area contributed by atoms with Crippen LogP contribution in [0.25, 0.3) is 0 Å². The van der Waals surface area contributed by atoms with E-state index in [2.05, 4.69) is 17.0 Å². The third-order valence-corrected chi connectivity index (χ3v) is 3.20. The van der Waals surface area contributed by atoms with Crippen LogP contribution in [0.5, 0.6) is 5.75 Å². The van der Waals surface area contributed by atoms with Gasteiger partial charge in [-0.25, -0.2) is 0 Å². The van der Waals surface area contributed by atoms with E-state index in [0.29, 0.717) is 5.69 Å². The maximum absolute atomic E-state index is 12.1. The molecule has 1 amide bonds. The number of aromatic nitrogens is 1. The summed E-state index contributed by atoms with van der Waals surface area (Å²) in [5.41, 5.74) is 1.60. The highest BCUT2D eigenvalue weighted by Gasteiger charge is 2.30. The smallest absolute Gasteiger partial charge is 0.406 e. The van der Waals surface area contributed by atoms with Crippen LogP contribution in [0.3, 0.4) is 0 Å². The van der Waals surface area contributed by atoms with E-state index in [0.717, 1.165) is 25.0 Å². The Balaban J connectivity index is 1.89. The van der Waals surface area contributed by atoms with Crippen LogP contribution in [0.2, 0.25) is 0 Å². The number of nitrogens with one attached hydrogen (secondary N) is 1. The van der Waals surface area contributed by atoms with Crippen LogP contribution in [0.4, 0.5) is 18.9 Å². The SMILES string of the molecule is CCCc1cc[n+](CC(=O)Nc2ccc(OC(F)(F)F)cc2)cc1. The van der Waals surface area contributed by atoms with Gasteiger partial charge in [-0.1, -0.05) is 13.3 Å². The Morgan fingerprint density at radius 2 is 1.75 bits per heavy atom. The largest absolute Gasteiger partial charge is 0.573 e. The van der Waals surface area contributed by atoms with E-state index in [9.17, 15) is 18.0 Å². The molecular formula is C17H18F3N2O2+. The number of halogens is 3. The van der Waals surface area contributed by atoms with Crippen LogP contribution >= 0.6 is 0 Å². The molecule has 0 aliphatic rings. The van der Waals surface area contributed by atoms with Crippen molar-refractivity contribution in [1.29, 1.82) is 0 Å². The molecule has 1 aromatic carbocycles. The van der Waals surface area contributed by atoms with E-state index in [1.165, 1.54) is 17.7 Å². The Kier molecular flexibility index (Phi) is 5.78. The number of rotatable bonds is 6. The number of alkyl halides is 3. The summed E-state index contributed by atoms with van der Waals surface area (Å²) in [6.07, 6.45) is 0.957. The summed E-state index contributed by atoms with van der Waals surface area (Å²) in [4.78, 5) is 12.0. The molecule has 2 aromatic rings. The average molecular weight is 339 g/mol. The van der Waals surface area contributed by atoms with Crippen LogP contribution < -0.4 is 14.6 Å². The Bertz CT molecular complexity index is 668. The van der Waals surface area contributed by atoms with E-state index in [1.807, 2.05) is 24.5 Å². The first-order chi connectivity index (χ1) is 11.4. The summed E-state index contributed by atoms with van der Waals surface area (Å²) < 4.78 is 41.7. The molecule has 0 radical (unpaired) electrons. The third-order valence-electron chi connectivity index (χ3n) is 3.20. The van der Waals surface area contributed by atoms with Crippen molar-refractivity contribution in [3.63, 3.8) is 0 Å². The molecule has 7 heteroatoms. The molecule has 1 N–H and O–H groups in total. The van der Waals surface area contributed by atoms with Crippen molar-refractivity contribution < 1.29 is 27.3 Å². The lowest BCUT2D eigenvalue weighted by Crippen LogP contribution is -2.39. The number of carbonyl (C=O) groups excluding carboxylic acids is 1. The first kappa shape index (κ1) is 17.8. The second kappa shape index (κ2) is 7.81. The number of nitrogens with zero attached hydrogens (tertiary/aromatic N) is 1. The van der Waals surface area contributed by atoms with Crippen LogP contribution in [0, 0.1) is 0 Å². The van der Waals surface area contributed by atoms with Gasteiger partial charge in [0.2, 0.25) is 6.54 Å². The van der Waals surface area contributed by atoms with Gasteiger partial charge in [-0.3, -0.25) is 4.79 Å². The molecule has 1 heterocycles. The normalized spacial score (nSPS) is 11.2. The van der Waals surface area contributed by atoms with Crippen molar-refractivity contribution in [2.45, 2.75) is 32.7 Å². The van der Waals surface area contributed by atoms with Crippen molar-refractivity contribution in [2.75, 3.05) is 5.32 Å². The molecule has 0 unspecified atom stereocenters. The lowest BCUT2D eigenvalue weighted by molar-refractivity contribution is -0.684. The highest BCUT2D eigenvalue weighted by Crippen LogP contribution is 2.23. The van der Waals surface area contributed by atoms with Gasteiger partial charge in [0.15, 0.2) is 12.4 Å². The van der Waals surface area contributed by atoms with E-state index >= 15 is 0 Å². The molecule has 0 saturated heterocycles. The highest BCUT2D eigenvalue weighted by molar-refractivity contribution is 5.89. The molecule has 0 saturated carbocycles. The van der Waals surface area contributed by atoms with Crippen molar-refractivity contribution >= 4 is 11.6 Å². The minimum atomic E-state index is -4.73. The van der Waals surface area contributed by atoms with Gasteiger partial charge in [-0.15, -0.1) is 13.2 Å². The fourth-order valence-electron chi connectivity index (χ4n) is 2.16. The second-order valence-corrected chi connectivity index (χ2v) is 5.25. The lowest BCUT2D eigenvalue weighted by Gasteiger charge is -2.09. The molecule has 0 aliphatic heterocycles. The third kappa shape index (κ3) is 5.91. The molecular weight excluding hydrogens is 321 g/mol. The van der Waals surface area contributed by atoms with Crippen molar-refractivity contribution in [1.82, 2.24) is 0 Å². The molecule has 0 atom stereocenters. The van der Waals surface area contributed by atoms with Gasteiger partial charge in [0.05, 0.1) is 0 Å². The molecule has 4 nitrogen and oxygen atoms in total. The number of hydrogen-bond acceptors (Lipinski definition) is 2. The fourth-order valence-corrected chi connectivity index (χ4v) is 2.16. The van der Waals surface area contributed by atoms with Gasteiger partial charge in [0.25, 0.3) is 5.91 Å². The van der Waals surface area contributed by atoms with Gasteiger partial charge < -0.3 is 10.1 Å². The van der Waals surface area contributed by atoms with Crippen LogP contribution in [0.15, 0.2) is 48.8 Å². The number of ether oxygens (including phenoxy) is 1. The number of pyridine rings is 1. The van der Waals surface area contributed by atoms with Crippen LogP contribution in [-0.2, 0) is 17.8 Å². The summed E-state index contributed by atoms with van der Waals surface area (Å²) in [5, 5.41) is 2.62. The zero-order valence-corrected chi connectivity index (χ0v) is 13.1.